The Morgan fingerprint density at radius 3 is 2.68 bits per heavy atom. The van der Waals surface area contributed by atoms with Gasteiger partial charge in [0.2, 0.25) is 11.9 Å². The quantitative estimate of drug-likeness (QED) is 0.801. The van der Waals surface area contributed by atoms with Crippen LogP contribution in [0.4, 0.5) is 5.95 Å². The summed E-state index contributed by atoms with van der Waals surface area (Å²) in [6.45, 7) is 6.74. The molecule has 0 aromatic carbocycles. The summed E-state index contributed by atoms with van der Waals surface area (Å²) >= 11 is 0. The average Bonchev–Trinajstić information content (AvgIpc) is 2.85. The van der Waals surface area contributed by atoms with Gasteiger partial charge in [0.05, 0.1) is 5.92 Å². The lowest BCUT2D eigenvalue weighted by molar-refractivity contribution is -0.141. The van der Waals surface area contributed by atoms with Gasteiger partial charge in [0.15, 0.2) is 0 Å². The van der Waals surface area contributed by atoms with Crippen molar-refractivity contribution in [3.63, 3.8) is 0 Å². The molecule has 2 fully saturated rings. The summed E-state index contributed by atoms with van der Waals surface area (Å²) in [6, 6.07) is 2.12. The minimum Gasteiger partial charge on any atom is -0.340 e. The first-order chi connectivity index (χ1) is 9.16. The van der Waals surface area contributed by atoms with Crippen LogP contribution in [0.2, 0.25) is 0 Å². The van der Waals surface area contributed by atoms with E-state index in [9.17, 15) is 4.79 Å². The van der Waals surface area contributed by atoms with Gasteiger partial charge in [-0.25, -0.2) is 9.97 Å². The van der Waals surface area contributed by atoms with Gasteiger partial charge in [0.25, 0.3) is 0 Å². The van der Waals surface area contributed by atoms with Crippen LogP contribution in [0.1, 0.15) is 20.3 Å². The maximum atomic E-state index is 12.5. The number of hydrogen-bond acceptors (Lipinski definition) is 4. The second-order valence-corrected chi connectivity index (χ2v) is 5.73. The van der Waals surface area contributed by atoms with Gasteiger partial charge < -0.3 is 9.80 Å². The second kappa shape index (κ2) is 4.79. The maximum Gasteiger partial charge on any atom is 0.228 e. The number of likely N-dealkylation sites (tertiary alicyclic amines) is 1. The van der Waals surface area contributed by atoms with Crippen molar-refractivity contribution < 1.29 is 4.79 Å². The van der Waals surface area contributed by atoms with Gasteiger partial charge in [-0.05, 0) is 32.3 Å². The third kappa shape index (κ3) is 2.17. The molecule has 0 aliphatic carbocycles. The Hall–Kier alpha value is -1.65. The molecule has 0 N–H and O–H groups in total. The van der Waals surface area contributed by atoms with Gasteiger partial charge in [0, 0.05) is 38.1 Å². The predicted molar refractivity (Wildman–Crippen MR) is 72.7 cm³/mol. The Kier molecular flexibility index (Phi) is 3.12. The molecule has 1 amide bonds. The van der Waals surface area contributed by atoms with Gasteiger partial charge in [0.1, 0.15) is 0 Å². The van der Waals surface area contributed by atoms with Crippen molar-refractivity contribution in [2.75, 3.05) is 24.5 Å². The molecule has 2 aliphatic rings. The summed E-state index contributed by atoms with van der Waals surface area (Å²) in [5.41, 5.74) is 0. The number of hydrogen-bond donors (Lipinski definition) is 0. The molecular weight excluding hydrogens is 240 g/mol. The second-order valence-electron chi connectivity index (χ2n) is 5.73. The van der Waals surface area contributed by atoms with Crippen LogP contribution in [-0.4, -0.2) is 46.5 Å². The van der Waals surface area contributed by atoms with E-state index in [4.69, 9.17) is 0 Å². The van der Waals surface area contributed by atoms with Crippen LogP contribution < -0.4 is 4.90 Å². The van der Waals surface area contributed by atoms with Crippen LogP contribution in [0.3, 0.4) is 0 Å². The Morgan fingerprint density at radius 1 is 1.26 bits per heavy atom. The molecule has 2 atom stereocenters. The molecule has 1 aromatic heterocycles. The van der Waals surface area contributed by atoms with Crippen LogP contribution in [-0.2, 0) is 4.79 Å². The first kappa shape index (κ1) is 12.4. The summed E-state index contributed by atoms with van der Waals surface area (Å²) in [5, 5.41) is 0. The normalized spacial score (nSPS) is 27.0. The fraction of sp³-hybridized carbons (Fsp3) is 0.643. The molecule has 5 nitrogen and oxygen atoms in total. The fourth-order valence-electron chi connectivity index (χ4n) is 3.20. The lowest BCUT2D eigenvalue weighted by Crippen LogP contribution is -2.48. The molecule has 0 bridgehead atoms. The van der Waals surface area contributed by atoms with Crippen molar-refractivity contribution in [2.24, 2.45) is 11.8 Å². The lowest BCUT2D eigenvalue weighted by atomic mass is 9.87. The molecule has 2 unspecified atom stereocenters. The van der Waals surface area contributed by atoms with Gasteiger partial charge in [-0.2, -0.15) is 0 Å². The van der Waals surface area contributed by atoms with E-state index >= 15 is 0 Å². The Balaban J connectivity index is 1.76. The number of fused-ring (bicyclic) bond motifs is 1. The molecule has 102 valence electrons. The van der Waals surface area contributed by atoms with E-state index in [1.54, 1.807) is 12.4 Å². The Bertz CT molecular complexity index is 462. The van der Waals surface area contributed by atoms with Crippen LogP contribution in [0.25, 0.3) is 0 Å². The van der Waals surface area contributed by atoms with E-state index in [-0.39, 0.29) is 5.92 Å². The number of rotatable bonds is 2. The van der Waals surface area contributed by atoms with Gasteiger partial charge in [-0.1, -0.05) is 0 Å². The summed E-state index contributed by atoms with van der Waals surface area (Å²) in [7, 11) is 0. The SMILES string of the molecule is CC(C)N1CCC2CN(c3ncccn3)CC2C1=O. The molecule has 3 heterocycles. The third-order valence-corrected chi connectivity index (χ3v) is 4.24. The highest BCUT2D eigenvalue weighted by Crippen LogP contribution is 2.34. The maximum absolute atomic E-state index is 12.5. The number of aromatic nitrogens is 2. The predicted octanol–water partition coefficient (Wildman–Crippen LogP) is 1.17. The number of carbonyl (C=O) groups is 1. The Morgan fingerprint density at radius 2 is 2.00 bits per heavy atom. The molecular formula is C14H20N4O. The third-order valence-electron chi connectivity index (χ3n) is 4.24. The highest BCUT2D eigenvalue weighted by molar-refractivity contribution is 5.81. The fourth-order valence-corrected chi connectivity index (χ4v) is 3.20. The smallest absolute Gasteiger partial charge is 0.228 e. The van der Waals surface area contributed by atoms with Crippen LogP contribution >= 0.6 is 0 Å². The van der Waals surface area contributed by atoms with Crippen LogP contribution in [0, 0.1) is 11.8 Å². The molecule has 0 saturated carbocycles. The molecule has 3 rings (SSSR count). The molecule has 19 heavy (non-hydrogen) atoms. The van der Waals surface area contributed by atoms with Gasteiger partial charge >= 0.3 is 0 Å². The van der Waals surface area contributed by atoms with E-state index < -0.39 is 0 Å². The van der Waals surface area contributed by atoms with E-state index in [1.807, 2.05) is 11.0 Å². The highest BCUT2D eigenvalue weighted by Gasteiger charge is 2.43. The van der Waals surface area contributed by atoms with Crippen molar-refractivity contribution in [3.8, 4) is 0 Å². The minimum absolute atomic E-state index is 0.125. The molecule has 2 aliphatic heterocycles. The molecule has 2 saturated heterocycles. The van der Waals surface area contributed by atoms with Crippen molar-refractivity contribution in [2.45, 2.75) is 26.3 Å². The molecule has 0 spiro atoms. The van der Waals surface area contributed by atoms with Crippen molar-refractivity contribution in [3.05, 3.63) is 18.5 Å². The molecule has 5 heteroatoms. The van der Waals surface area contributed by atoms with E-state index in [1.165, 1.54) is 0 Å². The summed E-state index contributed by atoms with van der Waals surface area (Å²) in [5.74, 6) is 1.65. The first-order valence-electron chi connectivity index (χ1n) is 6.99. The number of amides is 1. The van der Waals surface area contributed by atoms with Crippen LogP contribution in [0.15, 0.2) is 18.5 Å². The zero-order valence-electron chi connectivity index (χ0n) is 11.5. The molecule has 0 radical (unpaired) electrons. The zero-order chi connectivity index (χ0) is 13.4. The van der Waals surface area contributed by atoms with Crippen molar-refractivity contribution >= 4 is 11.9 Å². The number of nitrogens with zero attached hydrogens (tertiary/aromatic N) is 4. The van der Waals surface area contributed by atoms with E-state index in [0.717, 1.165) is 32.0 Å². The first-order valence-corrected chi connectivity index (χ1v) is 6.99. The van der Waals surface area contributed by atoms with Crippen molar-refractivity contribution in [1.29, 1.82) is 0 Å². The van der Waals surface area contributed by atoms with E-state index in [2.05, 4.69) is 28.7 Å². The standard InChI is InChI=1S/C14H20N4O/c1-10(2)18-7-4-11-8-17(9-12(11)13(18)19)14-15-5-3-6-16-14/h3,5-6,10-12H,4,7-9H2,1-2H3. The minimum atomic E-state index is 0.125. The number of piperidine rings is 1. The number of anilines is 1. The average molecular weight is 260 g/mol. The van der Waals surface area contributed by atoms with Crippen LogP contribution in [0.5, 0.6) is 0 Å². The van der Waals surface area contributed by atoms with E-state index in [0.29, 0.717) is 17.9 Å². The number of carbonyl (C=O) groups excluding carboxylic acids is 1. The van der Waals surface area contributed by atoms with Gasteiger partial charge in [-0.3, -0.25) is 4.79 Å². The summed E-state index contributed by atoms with van der Waals surface area (Å²) in [4.78, 5) is 25.2. The topological polar surface area (TPSA) is 49.3 Å². The molecule has 1 aromatic rings. The van der Waals surface area contributed by atoms with Gasteiger partial charge in [-0.15, -0.1) is 0 Å². The largest absolute Gasteiger partial charge is 0.340 e. The summed E-state index contributed by atoms with van der Waals surface area (Å²) < 4.78 is 0. The summed E-state index contributed by atoms with van der Waals surface area (Å²) in [6.07, 6.45) is 4.61. The lowest BCUT2D eigenvalue weighted by Gasteiger charge is -2.36. The highest BCUT2D eigenvalue weighted by atomic mass is 16.2. The zero-order valence-corrected chi connectivity index (χ0v) is 11.5. The van der Waals surface area contributed by atoms with Crippen molar-refractivity contribution in [1.82, 2.24) is 14.9 Å². The Labute approximate surface area is 113 Å². The monoisotopic (exact) mass is 260 g/mol.